The number of methoxy groups -OCH3 is 2. The van der Waals surface area contributed by atoms with E-state index >= 15 is 0 Å². The fourth-order valence-electron chi connectivity index (χ4n) is 3.23. The number of rotatable bonds is 3. The van der Waals surface area contributed by atoms with Crippen molar-refractivity contribution in [2.24, 2.45) is 7.05 Å². The Kier molecular flexibility index (Phi) is 3.93. The molecule has 3 rings (SSSR count). The number of hydrogen-bond donors (Lipinski definition) is 1. The molecule has 0 saturated heterocycles. The van der Waals surface area contributed by atoms with Crippen molar-refractivity contribution in [3.05, 3.63) is 12.0 Å². The number of aromatic hydroxyl groups is 1. The van der Waals surface area contributed by atoms with E-state index in [1.807, 2.05) is 0 Å². The summed E-state index contributed by atoms with van der Waals surface area (Å²) in [4.78, 5) is 20.7. The first-order chi connectivity index (χ1) is 11.0. The lowest BCUT2D eigenvalue weighted by molar-refractivity contribution is -0.170. The minimum absolute atomic E-state index is 0.0605. The third-order valence-electron chi connectivity index (χ3n) is 4.70. The van der Waals surface area contributed by atoms with E-state index in [-0.39, 0.29) is 17.8 Å². The highest BCUT2D eigenvalue weighted by molar-refractivity contribution is 5.80. The highest BCUT2D eigenvalue weighted by Gasteiger charge is 2.44. The maximum Gasteiger partial charge on any atom is 0.338 e. The van der Waals surface area contributed by atoms with Crippen LogP contribution in [0.4, 0.5) is 0 Å². The maximum atomic E-state index is 12.0. The Morgan fingerprint density at radius 1 is 1.35 bits per heavy atom. The van der Waals surface area contributed by atoms with Gasteiger partial charge in [0.05, 0.1) is 13.3 Å². The number of esters is 1. The van der Waals surface area contributed by atoms with Gasteiger partial charge in [-0.1, -0.05) is 0 Å². The van der Waals surface area contributed by atoms with Crippen LogP contribution in [0.15, 0.2) is 6.20 Å². The van der Waals surface area contributed by atoms with Gasteiger partial charge in [0.15, 0.2) is 11.2 Å². The highest BCUT2D eigenvalue weighted by Crippen LogP contribution is 2.40. The molecular formula is C15H20N4O4. The molecule has 2 aromatic heterocycles. The summed E-state index contributed by atoms with van der Waals surface area (Å²) in [6.45, 7) is 0. The number of carbonyl (C=O) groups is 1. The van der Waals surface area contributed by atoms with Crippen molar-refractivity contribution in [2.45, 2.75) is 37.2 Å². The van der Waals surface area contributed by atoms with Gasteiger partial charge in [0.2, 0.25) is 5.88 Å². The van der Waals surface area contributed by atoms with Crippen LogP contribution in [0, 0.1) is 0 Å². The van der Waals surface area contributed by atoms with Crippen molar-refractivity contribution in [2.75, 3.05) is 14.2 Å². The van der Waals surface area contributed by atoms with Crippen molar-refractivity contribution >= 4 is 17.0 Å². The van der Waals surface area contributed by atoms with E-state index in [0.717, 1.165) is 0 Å². The lowest BCUT2D eigenvalue weighted by atomic mass is 9.78. The van der Waals surface area contributed by atoms with Crippen molar-refractivity contribution in [3.8, 4) is 5.88 Å². The van der Waals surface area contributed by atoms with Gasteiger partial charge in [-0.25, -0.2) is 9.78 Å². The summed E-state index contributed by atoms with van der Waals surface area (Å²) in [5, 5.41) is 14.7. The van der Waals surface area contributed by atoms with Gasteiger partial charge in [-0.05, 0) is 25.7 Å². The zero-order valence-electron chi connectivity index (χ0n) is 13.4. The quantitative estimate of drug-likeness (QED) is 0.850. The Bertz CT molecular complexity index is 734. The largest absolute Gasteiger partial charge is 0.493 e. The van der Waals surface area contributed by atoms with Crippen LogP contribution in [-0.4, -0.2) is 50.6 Å². The first kappa shape index (κ1) is 15.7. The molecule has 0 aliphatic heterocycles. The topological polar surface area (TPSA) is 99.4 Å². The number of hydrogen-bond acceptors (Lipinski definition) is 7. The summed E-state index contributed by atoms with van der Waals surface area (Å²) >= 11 is 0. The van der Waals surface area contributed by atoms with Gasteiger partial charge in [-0.2, -0.15) is 10.1 Å². The SMILES string of the molecule is COC(=O)C1(OC)CCC(c2nc(O)c3cnn(C)c3n2)CC1. The molecule has 8 heteroatoms. The van der Waals surface area contributed by atoms with Crippen LogP contribution in [0.5, 0.6) is 5.88 Å². The van der Waals surface area contributed by atoms with Gasteiger partial charge in [0.25, 0.3) is 0 Å². The lowest BCUT2D eigenvalue weighted by Gasteiger charge is -2.36. The average Bonchev–Trinajstić information content (AvgIpc) is 2.96. The van der Waals surface area contributed by atoms with Crippen molar-refractivity contribution in [1.29, 1.82) is 0 Å². The molecule has 0 unspecified atom stereocenters. The van der Waals surface area contributed by atoms with E-state index < -0.39 is 5.60 Å². The molecule has 0 atom stereocenters. The van der Waals surface area contributed by atoms with Gasteiger partial charge in [-0.15, -0.1) is 0 Å². The second-order valence-electron chi connectivity index (χ2n) is 5.88. The predicted octanol–water partition coefficient (Wildman–Crippen LogP) is 1.28. The molecule has 1 N–H and O–H groups in total. The number of ether oxygens (including phenoxy) is 2. The molecule has 124 valence electrons. The van der Waals surface area contributed by atoms with Crippen molar-refractivity contribution < 1.29 is 19.4 Å². The second kappa shape index (κ2) is 5.77. The molecule has 1 aliphatic carbocycles. The molecule has 0 spiro atoms. The van der Waals surface area contributed by atoms with Crippen LogP contribution in [0.25, 0.3) is 11.0 Å². The van der Waals surface area contributed by atoms with E-state index in [9.17, 15) is 9.90 Å². The fraction of sp³-hybridized carbons (Fsp3) is 0.600. The smallest absolute Gasteiger partial charge is 0.338 e. The molecule has 23 heavy (non-hydrogen) atoms. The van der Waals surface area contributed by atoms with E-state index in [4.69, 9.17) is 9.47 Å². The first-order valence-electron chi connectivity index (χ1n) is 7.53. The molecule has 0 bridgehead atoms. The third-order valence-corrected chi connectivity index (χ3v) is 4.70. The Morgan fingerprint density at radius 3 is 2.65 bits per heavy atom. The van der Waals surface area contributed by atoms with Gasteiger partial charge in [0, 0.05) is 20.1 Å². The molecule has 1 saturated carbocycles. The normalized spacial score (nSPS) is 24.7. The summed E-state index contributed by atoms with van der Waals surface area (Å²) in [5.74, 6) is 0.236. The molecule has 0 radical (unpaired) electrons. The Hall–Kier alpha value is -2.22. The first-order valence-corrected chi connectivity index (χ1v) is 7.53. The molecule has 1 fully saturated rings. The molecule has 1 aliphatic rings. The van der Waals surface area contributed by atoms with E-state index in [2.05, 4.69) is 15.1 Å². The van der Waals surface area contributed by atoms with Crippen LogP contribution >= 0.6 is 0 Å². The van der Waals surface area contributed by atoms with Crippen LogP contribution in [0.2, 0.25) is 0 Å². The lowest BCUT2D eigenvalue weighted by Crippen LogP contribution is -2.44. The van der Waals surface area contributed by atoms with Crippen LogP contribution < -0.4 is 0 Å². The molecule has 2 heterocycles. The predicted molar refractivity (Wildman–Crippen MR) is 80.9 cm³/mol. The number of aromatic nitrogens is 4. The van der Waals surface area contributed by atoms with E-state index in [1.165, 1.54) is 14.2 Å². The second-order valence-corrected chi connectivity index (χ2v) is 5.88. The standard InChI is InChI=1S/C15H20N4O4/c1-19-12-10(8-16-19)13(20)18-11(17-12)9-4-6-15(23-3,7-5-9)14(21)22-2/h8-9H,4-7H2,1-3H3,(H,17,18,20). The summed E-state index contributed by atoms with van der Waals surface area (Å²) < 4.78 is 11.9. The zero-order valence-corrected chi connectivity index (χ0v) is 13.4. The fourth-order valence-corrected chi connectivity index (χ4v) is 3.23. The van der Waals surface area contributed by atoms with Crippen LogP contribution in [0.3, 0.4) is 0 Å². The molecule has 0 aromatic carbocycles. The minimum Gasteiger partial charge on any atom is -0.493 e. The number of carbonyl (C=O) groups excluding carboxylic acids is 1. The van der Waals surface area contributed by atoms with E-state index in [0.29, 0.717) is 42.5 Å². The van der Waals surface area contributed by atoms with Crippen molar-refractivity contribution in [3.63, 3.8) is 0 Å². The summed E-state index contributed by atoms with van der Waals surface area (Å²) in [6, 6.07) is 0. The third kappa shape index (κ3) is 2.52. The summed E-state index contributed by atoms with van der Waals surface area (Å²) in [5.41, 5.74) is -0.284. The molecule has 0 amide bonds. The zero-order chi connectivity index (χ0) is 16.6. The number of fused-ring (bicyclic) bond motifs is 1. The van der Waals surface area contributed by atoms with Crippen LogP contribution in [0.1, 0.15) is 37.4 Å². The number of nitrogens with zero attached hydrogens (tertiary/aromatic N) is 4. The van der Waals surface area contributed by atoms with E-state index in [1.54, 1.807) is 17.9 Å². The molecular weight excluding hydrogens is 300 g/mol. The summed E-state index contributed by atoms with van der Waals surface area (Å²) in [6.07, 6.45) is 3.99. The monoisotopic (exact) mass is 320 g/mol. The maximum absolute atomic E-state index is 12.0. The van der Waals surface area contributed by atoms with Gasteiger partial charge in [-0.3, -0.25) is 4.68 Å². The minimum atomic E-state index is -0.885. The van der Waals surface area contributed by atoms with Crippen molar-refractivity contribution in [1.82, 2.24) is 19.7 Å². The van der Waals surface area contributed by atoms with Crippen LogP contribution in [-0.2, 0) is 21.3 Å². The number of aryl methyl sites for hydroxylation is 1. The Morgan fingerprint density at radius 2 is 2.04 bits per heavy atom. The van der Waals surface area contributed by atoms with Gasteiger partial charge < -0.3 is 14.6 Å². The molecule has 2 aromatic rings. The average molecular weight is 320 g/mol. The molecule has 8 nitrogen and oxygen atoms in total. The highest BCUT2D eigenvalue weighted by atomic mass is 16.6. The van der Waals surface area contributed by atoms with Gasteiger partial charge in [0.1, 0.15) is 11.2 Å². The van der Waals surface area contributed by atoms with Gasteiger partial charge >= 0.3 is 5.97 Å². The summed E-state index contributed by atoms with van der Waals surface area (Å²) in [7, 11) is 4.67. The Balaban J connectivity index is 1.85. The Labute approximate surface area is 133 Å².